The first kappa shape index (κ1) is 16.9. The third-order valence-corrected chi connectivity index (χ3v) is 3.81. The van der Waals surface area contributed by atoms with Gasteiger partial charge in [-0.3, -0.25) is 9.78 Å². The second kappa shape index (κ2) is 7.74. The van der Waals surface area contributed by atoms with Crippen LogP contribution in [0.25, 0.3) is 11.4 Å². The summed E-state index contributed by atoms with van der Waals surface area (Å²) in [4.78, 5) is 20.9. The lowest BCUT2D eigenvalue weighted by molar-refractivity contribution is -0.125. The van der Waals surface area contributed by atoms with Gasteiger partial charge in [0.1, 0.15) is 6.04 Å². The zero-order valence-corrected chi connectivity index (χ0v) is 14.3. The summed E-state index contributed by atoms with van der Waals surface area (Å²) in [5.41, 5.74) is 0.821. The van der Waals surface area contributed by atoms with Gasteiger partial charge in [-0.15, -0.1) is 0 Å². The highest BCUT2D eigenvalue weighted by atomic mass is 16.5. The minimum atomic E-state index is -0.252. The van der Waals surface area contributed by atoms with Gasteiger partial charge in [-0.1, -0.05) is 19.0 Å². The van der Waals surface area contributed by atoms with Crippen molar-refractivity contribution in [3.63, 3.8) is 0 Å². The van der Waals surface area contributed by atoms with E-state index in [0.29, 0.717) is 17.6 Å². The van der Waals surface area contributed by atoms with E-state index in [2.05, 4.69) is 34.3 Å². The minimum absolute atomic E-state index is 0.0615. The van der Waals surface area contributed by atoms with Crippen molar-refractivity contribution in [2.75, 3.05) is 0 Å². The standard InChI is InChI=1S/C18H21N5O2/c1-13(2)11-15(23-9-3-4-10-23)18(24)20-12-16-21-17(22-25-16)14-5-7-19-8-6-14/h3-10,13,15H,11-12H2,1-2H3,(H,20,24)/t15-/m0/s1. The van der Waals surface area contributed by atoms with Crippen molar-refractivity contribution in [2.24, 2.45) is 5.92 Å². The smallest absolute Gasteiger partial charge is 0.246 e. The Morgan fingerprint density at radius 2 is 1.96 bits per heavy atom. The summed E-state index contributed by atoms with van der Waals surface area (Å²) in [5.74, 6) is 1.19. The van der Waals surface area contributed by atoms with E-state index in [1.165, 1.54) is 0 Å². The van der Waals surface area contributed by atoms with Crippen LogP contribution in [0.5, 0.6) is 0 Å². The van der Waals surface area contributed by atoms with Gasteiger partial charge >= 0.3 is 0 Å². The number of carbonyl (C=O) groups excluding carboxylic acids is 1. The maximum Gasteiger partial charge on any atom is 0.246 e. The summed E-state index contributed by atoms with van der Waals surface area (Å²) in [6.45, 7) is 4.40. The van der Waals surface area contributed by atoms with Gasteiger partial charge in [-0.2, -0.15) is 4.98 Å². The van der Waals surface area contributed by atoms with Crippen molar-refractivity contribution >= 4 is 5.91 Å². The van der Waals surface area contributed by atoms with Crippen LogP contribution in [-0.4, -0.2) is 25.6 Å². The van der Waals surface area contributed by atoms with Gasteiger partial charge in [-0.05, 0) is 36.6 Å². The van der Waals surface area contributed by atoms with Gasteiger partial charge in [0.2, 0.25) is 17.6 Å². The molecule has 1 N–H and O–H groups in total. The molecular weight excluding hydrogens is 318 g/mol. The molecule has 0 fully saturated rings. The number of nitrogens with zero attached hydrogens (tertiary/aromatic N) is 4. The fraction of sp³-hybridized carbons (Fsp3) is 0.333. The summed E-state index contributed by atoms with van der Waals surface area (Å²) in [7, 11) is 0. The van der Waals surface area contributed by atoms with E-state index in [0.717, 1.165) is 12.0 Å². The lowest BCUT2D eigenvalue weighted by Crippen LogP contribution is -2.32. The molecule has 7 nitrogen and oxygen atoms in total. The van der Waals surface area contributed by atoms with Crippen LogP contribution in [0.2, 0.25) is 0 Å². The summed E-state index contributed by atoms with van der Waals surface area (Å²) >= 11 is 0. The van der Waals surface area contributed by atoms with Crippen molar-refractivity contribution in [3.8, 4) is 11.4 Å². The molecule has 0 bridgehead atoms. The van der Waals surface area contributed by atoms with Gasteiger partial charge in [-0.25, -0.2) is 0 Å². The molecule has 25 heavy (non-hydrogen) atoms. The van der Waals surface area contributed by atoms with Crippen LogP contribution in [-0.2, 0) is 11.3 Å². The molecule has 0 aliphatic rings. The van der Waals surface area contributed by atoms with E-state index in [1.807, 2.05) is 29.1 Å². The van der Waals surface area contributed by atoms with E-state index in [-0.39, 0.29) is 18.5 Å². The Bertz CT molecular complexity index is 796. The lowest BCUT2D eigenvalue weighted by atomic mass is 10.0. The number of amides is 1. The SMILES string of the molecule is CC(C)C[C@@H](C(=O)NCc1nc(-c2ccncc2)no1)n1cccc1. The van der Waals surface area contributed by atoms with E-state index in [4.69, 9.17) is 4.52 Å². The van der Waals surface area contributed by atoms with E-state index < -0.39 is 0 Å². The molecule has 7 heteroatoms. The topological polar surface area (TPSA) is 85.8 Å². The first-order valence-electron chi connectivity index (χ1n) is 8.26. The predicted octanol–water partition coefficient (Wildman–Crippen LogP) is 2.84. The molecule has 0 spiro atoms. The summed E-state index contributed by atoms with van der Waals surface area (Å²) in [6.07, 6.45) is 7.90. The number of carbonyl (C=O) groups is 1. The number of pyridine rings is 1. The number of aromatic nitrogens is 4. The fourth-order valence-electron chi connectivity index (χ4n) is 2.59. The van der Waals surface area contributed by atoms with E-state index in [1.54, 1.807) is 24.5 Å². The normalized spacial score (nSPS) is 12.3. The molecule has 3 aromatic rings. The van der Waals surface area contributed by atoms with Crippen LogP contribution < -0.4 is 5.32 Å². The van der Waals surface area contributed by atoms with Gasteiger partial charge in [0.25, 0.3) is 0 Å². The van der Waals surface area contributed by atoms with Crippen molar-refractivity contribution in [1.82, 2.24) is 25.0 Å². The third kappa shape index (κ3) is 4.32. The van der Waals surface area contributed by atoms with Gasteiger partial charge < -0.3 is 14.4 Å². The van der Waals surface area contributed by atoms with Crippen LogP contribution in [0, 0.1) is 5.92 Å². The monoisotopic (exact) mass is 339 g/mol. The molecule has 3 heterocycles. The Labute approximate surface area is 146 Å². The zero-order valence-electron chi connectivity index (χ0n) is 14.3. The second-order valence-electron chi connectivity index (χ2n) is 6.24. The highest BCUT2D eigenvalue weighted by Crippen LogP contribution is 2.18. The van der Waals surface area contributed by atoms with Crippen molar-refractivity contribution in [3.05, 3.63) is 54.9 Å². The third-order valence-electron chi connectivity index (χ3n) is 3.81. The molecule has 1 atom stereocenters. The van der Waals surface area contributed by atoms with Gasteiger partial charge in [0, 0.05) is 30.4 Å². The highest BCUT2D eigenvalue weighted by Gasteiger charge is 2.21. The minimum Gasteiger partial charge on any atom is -0.345 e. The van der Waals surface area contributed by atoms with E-state index >= 15 is 0 Å². The number of nitrogens with one attached hydrogen (secondary N) is 1. The number of hydrogen-bond donors (Lipinski definition) is 1. The first-order valence-corrected chi connectivity index (χ1v) is 8.26. The van der Waals surface area contributed by atoms with Crippen molar-refractivity contribution < 1.29 is 9.32 Å². The molecule has 0 aliphatic heterocycles. The Kier molecular flexibility index (Phi) is 5.23. The molecule has 1 amide bonds. The molecule has 130 valence electrons. The Hall–Kier alpha value is -2.96. The highest BCUT2D eigenvalue weighted by molar-refractivity contribution is 5.80. The van der Waals surface area contributed by atoms with Gasteiger partial charge in [0.05, 0.1) is 6.54 Å². The molecule has 0 radical (unpaired) electrons. The molecule has 0 saturated heterocycles. The van der Waals surface area contributed by atoms with Crippen LogP contribution in [0.4, 0.5) is 0 Å². The van der Waals surface area contributed by atoms with E-state index in [9.17, 15) is 4.79 Å². The lowest BCUT2D eigenvalue weighted by Gasteiger charge is -2.20. The maximum absolute atomic E-state index is 12.6. The summed E-state index contributed by atoms with van der Waals surface area (Å²) in [6, 6.07) is 7.19. The number of hydrogen-bond acceptors (Lipinski definition) is 5. The molecule has 0 aliphatic carbocycles. The molecule has 0 saturated carbocycles. The Balaban J connectivity index is 1.64. The van der Waals surface area contributed by atoms with Crippen LogP contribution in [0.3, 0.4) is 0 Å². The van der Waals surface area contributed by atoms with Crippen LogP contribution in [0.1, 0.15) is 32.2 Å². The molecule has 3 rings (SSSR count). The fourth-order valence-corrected chi connectivity index (χ4v) is 2.59. The van der Waals surface area contributed by atoms with Crippen molar-refractivity contribution in [2.45, 2.75) is 32.9 Å². The van der Waals surface area contributed by atoms with Crippen LogP contribution >= 0.6 is 0 Å². The molecule has 0 aromatic carbocycles. The second-order valence-corrected chi connectivity index (χ2v) is 6.24. The molecular formula is C18H21N5O2. The first-order chi connectivity index (χ1) is 12.1. The van der Waals surface area contributed by atoms with Gasteiger partial charge in [0.15, 0.2) is 0 Å². The average molecular weight is 339 g/mol. The number of rotatable bonds is 7. The quantitative estimate of drug-likeness (QED) is 0.715. The summed E-state index contributed by atoms with van der Waals surface area (Å²) < 4.78 is 7.14. The average Bonchev–Trinajstić information content (AvgIpc) is 3.30. The summed E-state index contributed by atoms with van der Waals surface area (Å²) in [5, 5.41) is 6.83. The maximum atomic E-state index is 12.6. The predicted molar refractivity (Wildman–Crippen MR) is 92.3 cm³/mol. The molecule has 3 aromatic heterocycles. The zero-order chi connectivity index (χ0) is 17.6. The largest absolute Gasteiger partial charge is 0.345 e. The van der Waals surface area contributed by atoms with Crippen LogP contribution in [0.15, 0.2) is 53.6 Å². The Morgan fingerprint density at radius 1 is 1.24 bits per heavy atom. The molecule has 0 unspecified atom stereocenters. The van der Waals surface area contributed by atoms with Crippen molar-refractivity contribution in [1.29, 1.82) is 0 Å². The Morgan fingerprint density at radius 3 is 2.64 bits per heavy atom.